The minimum absolute atomic E-state index is 0.0432. The Balaban J connectivity index is 2.14. The summed E-state index contributed by atoms with van der Waals surface area (Å²) in [7, 11) is 0. The molecule has 0 aliphatic rings. The molecule has 3 aromatic rings. The maximum atomic E-state index is 11.0. The number of rotatable bonds is 4. The fourth-order valence-electron chi connectivity index (χ4n) is 2.50. The second-order valence-electron chi connectivity index (χ2n) is 4.81. The number of aromatic nitrogens is 3. The van der Waals surface area contributed by atoms with Crippen molar-refractivity contribution in [2.45, 2.75) is 19.3 Å². The van der Waals surface area contributed by atoms with Crippen molar-refractivity contribution in [1.29, 1.82) is 0 Å². The molecule has 0 aliphatic heterocycles. The second kappa shape index (κ2) is 5.69. The van der Waals surface area contributed by atoms with E-state index >= 15 is 0 Å². The first-order valence-corrected chi connectivity index (χ1v) is 7.27. The number of alkyl halides is 1. The van der Waals surface area contributed by atoms with Crippen LogP contribution in [0, 0.1) is 0 Å². The van der Waals surface area contributed by atoms with E-state index in [0.717, 1.165) is 27.8 Å². The number of imidazole rings is 1. The summed E-state index contributed by atoms with van der Waals surface area (Å²) >= 11 is 6.01. The van der Waals surface area contributed by atoms with Crippen LogP contribution in [0.4, 0.5) is 0 Å². The number of carbonyl (C=O) groups excluding carboxylic acids is 1. The summed E-state index contributed by atoms with van der Waals surface area (Å²) in [5.41, 5.74) is 2.76. The maximum absolute atomic E-state index is 11.0. The number of nitrogens with one attached hydrogen (secondary N) is 1. The molecule has 0 aliphatic carbocycles. The average Bonchev–Trinajstić information content (AvgIpc) is 2.85. The van der Waals surface area contributed by atoms with E-state index in [1.165, 1.54) is 6.92 Å². The largest absolute Gasteiger partial charge is 0.355 e. The van der Waals surface area contributed by atoms with E-state index in [9.17, 15) is 4.79 Å². The number of carbonyl (C=O) groups is 1. The topological polar surface area (TPSA) is 59.8 Å². The Morgan fingerprint density at radius 3 is 2.90 bits per heavy atom. The molecule has 0 unspecified atom stereocenters. The first-order chi connectivity index (χ1) is 10.2. The van der Waals surface area contributed by atoms with Crippen LogP contribution in [-0.4, -0.2) is 27.0 Å². The molecule has 0 radical (unpaired) electrons. The molecule has 1 aromatic carbocycles. The van der Waals surface area contributed by atoms with Crippen LogP contribution in [0.25, 0.3) is 21.9 Å². The molecular formula is C15H15ClN4O. The number of benzene rings is 1. The smallest absolute Gasteiger partial charge is 0.216 e. The third kappa shape index (κ3) is 2.56. The molecular weight excluding hydrogens is 288 g/mol. The Bertz CT molecular complexity index is 812. The molecule has 108 valence electrons. The molecule has 2 aromatic heterocycles. The average molecular weight is 303 g/mol. The molecule has 0 saturated carbocycles. The number of amides is 1. The monoisotopic (exact) mass is 302 g/mol. The summed E-state index contributed by atoms with van der Waals surface area (Å²) in [5, 5.41) is 3.84. The number of para-hydroxylation sites is 1. The molecule has 0 atom stereocenters. The van der Waals surface area contributed by atoms with E-state index in [0.29, 0.717) is 19.0 Å². The van der Waals surface area contributed by atoms with Crippen LogP contribution in [-0.2, 0) is 17.2 Å². The second-order valence-corrected chi connectivity index (χ2v) is 5.07. The van der Waals surface area contributed by atoms with E-state index in [1.807, 2.05) is 24.3 Å². The predicted molar refractivity (Wildman–Crippen MR) is 83.3 cm³/mol. The predicted octanol–water partition coefficient (Wildman–Crippen LogP) is 2.46. The molecule has 0 bridgehead atoms. The van der Waals surface area contributed by atoms with E-state index in [2.05, 4.69) is 19.9 Å². The first-order valence-electron chi connectivity index (χ1n) is 6.74. The standard InChI is InChI=1S/C15H15ClN4O/c1-10(21)17-6-7-20-14(8-16)19-13-9-18-12-5-3-2-4-11(12)15(13)20/h2-5,9H,6-8H2,1H3,(H,17,21). The van der Waals surface area contributed by atoms with Crippen molar-refractivity contribution in [3.05, 3.63) is 36.3 Å². The summed E-state index contributed by atoms with van der Waals surface area (Å²) in [6, 6.07) is 7.94. The van der Waals surface area contributed by atoms with Gasteiger partial charge in [-0.2, -0.15) is 0 Å². The minimum atomic E-state index is -0.0432. The van der Waals surface area contributed by atoms with Crippen molar-refractivity contribution in [2.75, 3.05) is 6.54 Å². The summed E-state index contributed by atoms with van der Waals surface area (Å²) in [6.45, 7) is 2.68. The molecule has 5 nitrogen and oxygen atoms in total. The van der Waals surface area contributed by atoms with Crippen LogP contribution in [0.5, 0.6) is 0 Å². The molecule has 1 N–H and O–H groups in total. The zero-order valence-corrected chi connectivity index (χ0v) is 12.4. The van der Waals surface area contributed by atoms with E-state index in [1.54, 1.807) is 6.20 Å². The van der Waals surface area contributed by atoms with Crippen LogP contribution >= 0.6 is 11.6 Å². The lowest BCUT2D eigenvalue weighted by molar-refractivity contribution is -0.118. The number of hydrogen-bond donors (Lipinski definition) is 1. The molecule has 6 heteroatoms. The van der Waals surface area contributed by atoms with Gasteiger partial charge in [-0.15, -0.1) is 11.6 Å². The van der Waals surface area contributed by atoms with Gasteiger partial charge in [0.2, 0.25) is 5.91 Å². The first kappa shape index (κ1) is 13.8. The van der Waals surface area contributed by atoms with Gasteiger partial charge in [0.25, 0.3) is 0 Å². The van der Waals surface area contributed by atoms with Gasteiger partial charge in [0, 0.05) is 25.4 Å². The molecule has 0 saturated heterocycles. The van der Waals surface area contributed by atoms with Crippen molar-refractivity contribution < 1.29 is 4.79 Å². The lowest BCUT2D eigenvalue weighted by Crippen LogP contribution is -2.25. The SMILES string of the molecule is CC(=O)NCCn1c(CCl)nc2cnc3ccccc3c21. The van der Waals surface area contributed by atoms with Crippen LogP contribution in [0.2, 0.25) is 0 Å². The Labute approximate surface area is 126 Å². The van der Waals surface area contributed by atoms with E-state index < -0.39 is 0 Å². The van der Waals surface area contributed by atoms with E-state index in [4.69, 9.17) is 11.6 Å². The lowest BCUT2D eigenvalue weighted by atomic mass is 10.2. The van der Waals surface area contributed by atoms with E-state index in [-0.39, 0.29) is 5.91 Å². The molecule has 0 fully saturated rings. The highest BCUT2D eigenvalue weighted by Crippen LogP contribution is 2.25. The highest BCUT2D eigenvalue weighted by molar-refractivity contribution is 6.17. The van der Waals surface area contributed by atoms with Gasteiger partial charge in [-0.1, -0.05) is 18.2 Å². The van der Waals surface area contributed by atoms with Crippen molar-refractivity contribution in [3.63, 3.8) is 0 Å². The molecule has 21 heavy (non-hydrogen) atoms. The number of pyridine rings is 1. The fourth-order valence-corrected chi connectivity index (χ4v) is 2.70. The molecule has 1 amide bonds. The van der Waals surface area contributed by atoms with Crippen LogP contribution < -0.4 is 5.32 Å². The Morgan fingerprint density at radius 2 is 2.14 bits per heavy atom. The zero-order valence-electron chi connectivity index (χ0n) is 11.6. The number of halogens is 1. The van der Waals surface area contributed by atoms with Gasteiger partial charge in [-0.05, 0) is 6.07 Å². The van der Waals surface area contributed by atoms with Crippen LogP contribution in [0.1, 0.15) is 12.7 Å². The molecule has 0 spiro atoms. The van der Waals surface area contributed by atoms with Crippen LogP contribution in [0.15, 0.2) is 30.5 Å². The van der Waals surface area contributed by atoms with Crippen molar-refractivity contribution >= 4 is 39.4 Å². The quantitative estimate of drug-likeness (QED) is 0.753. The highest BCUT2D eigenvalue weighted by Gasteiger charge is 2.13. The fraction of sp³-hybridized carbons (Fsp3) is 0.267. The normalized spacial score (nSPS) is 11.1. The maximum Gasteiger partial charge on any atom is 0.216 e. The summed E-state index contributed by atoms with van der Waals surface area (Å²) in [6.07, 6.45) is 1.77. The Hall–Kier alpha value is -2.14. The van der Waals surface area contributed by atoms with Gasteiger partial charge in [0.15, 0.2) is 0 Å². The number of hydrogen-bond acceptors (Lipinski definition) is 3. The molecule has 3 rings (SSSR count). The van der Waals surface area contributed by atoms with Gasteiger partial charge >= 0.3 is 0 Å². The summed E-state index contributed by atoms with van der Waals surface area (Å²) in [5.74, 6) is 1.07. The third-order valence-electron chi connectivity index (χ3n) is 3.39. The summed E-state index contributed by atoms with van der Waals surface area (Å²) < 4.78 is 2.06. The van der Waals surface area contributed by atoms with Crippen molar-refractivity contribution in [2.24, 2.45) is 0 Å². The zero-order chi connectivity index (χ0) is 14.8. The Kier molecular flexibility index (Phi) is 3.75. The number of nitrogens with zero attached hydrogens (tertiary/aromatic N) is 3. The van der Waals surface area contributed by atoms with Gasteiger partial charge < -0.3 is 9.88 Å². The van der Waals surface area contributed by atoms with Gasteiger partial charge in [0.05, 0.1) is 23.1 Å². The lowest BCUT2D eigenvalue weighted by Gasteiger charge is -2.09. The van der Waals surface area contributed by atoms with Gasteiger partial charge in [0.1, 0.15) is 11.3 Å². The van der Waals surface area contributed by atoms with Crippen molar-refractivity contribution in [1.82, 2.24) is 19.9 Å². The highest BCUT2D eigenvalue weighted by atomic mass is 35.5. The van der Waals surface area contributed by atoms with Gasteiger partial charge in [-0.3, -0.25) is 9.78 Å². The summed E-state index contributed by atoms with van der Waals surface area (Å²) in [4.78, 5) is 20.0. The molecule has 2 heterocycles. The third-order valence-corrected chi connectivity index (χ3v) is 3.63. The van der Waals surface area contributed by atoms with Crippen molar-refractivity contribution in [3.8, 4) is 0 Å². The van der Waals surface area contributed by atoms with Gasteiger partial charge in [-0.25, -0.2) is 4.98 Å². The minimum Gasteiger partial charge on any atom is -0.355 e. The number of fused-ring (bicyclic) bond motifs is 3. The Morgan fingerprint density at radius 1 is 1.33 bits per heavy atom. The van der Waals surface area contributed by atoms with Crippen LogP contribution in [0.3, 0.4) is 0 Å².